The predicted octanol–water partition coefficient (Wildman–Crippen LogP) is 3.05. The van der Waals surface area contributed by atoms with E-state index in [-0.39, 0.29) is 5.91 Å². The quantitative estimate of drug-likeness (QED) is 0.905. The minimum atomic E-state index is -0.0752. The van der Waals surface area contributed by atoms with E-state index in [1.165, 1.54) is 6.42 Å². The molecule has 1 N–H and O–H groups in total. The summed E-state index contributed by atoms with van der Waals surface area (Å²) in [4.78, 5) is 14.9. The Balaban J connectivity index is 1.71. The van der Waals surface area contributed by atoms with Gasteiger partial charge < -0.3 is 5.32 Å². The molecule has 1 aliphatic rings. The van der Waals surface area contributed by atoms with Crippen LogP contribution in [0.5, 0.6) is 0 Å². The normalized spacial score (nSPS) is 18.0. The van der Waals surface area contributed by atoms with Gasteiger partial charge in [-0.15, -0.1) is 0 Å². The van der Waals surface area contributed by atoms with Gasteiger partial charge in [-0.25, -0.2) is 4.68 Å². The Morgan fingerprint density at radius 3 is 2.96 bits per heavy atom. The van der Waals surface area contributed by atoms with Crippen molar-refractivity contribution >= 4 is 17.5 Å². The van der Waals surface area contributed by atoms with E-state index >= 15 is 0 Å². The zero-order valence-corrected chi connectivity index (χ0v) is 14.9. The number of hydrogen-bond acceptors (Lipinski definition) is 3. The van der Waals surface area contributed by atoms with Crippen LogP contribution >= 0.6 is 11.6 Å². The van der Waals surface area contributed by atoms with E-state index in [0.29, 0.717) is 23.2 Å². The number of amides is 1. The minimum Gasteiger partial charge on any atom is -0.350 e. The van der Waals surface area contributed by atoms with Gasteiger partial charge in [0.25, 0.3) is 5.91 Å². The Morgan fingerprint density at radius 1 is 1.42 bits per heavy atom. The lowest BCUT2D eigenvalue weighted by atomic mass is 10.2. The van der Waals surface area contributed by atoms with Crippen LogP contribution in [0, 0.1) is 6.92 Å². The number of nitrogens with one attached hydrogen (secondary N) is 1. The molecule has 1 unspecified atom stereocenters. The van der Waals surface area contributed by atoms with Crippen LogP contribution in [0.25, 0.3) is 5.69 Å². The summed E-state index contributed by atoms with van der Waals surface area (Å²) in [7, 11) is 0. The zero-order valence-electron chi connectivity index (χ0n) is 14.1. The summed E-state index contributed by atoms with van der Waals surface area (Å²) in [6, 6.07) is 7.93. The first kappa shape index (κ1) is 17.0. The molecule has 3 rings (SSSR count). The first-order chi connectivity index (χ1) is 11.6. The summed E-state index contributed by atoms with van der Waals surface area (Å²) < 4.78 is 1.71. The standard InChI is InChI=1S/C18H23ClN4O/c1-3-22-10-6-7-14(22)11-20-18(24)15-12-21-23(13(15)2)17-9-5-4-8-16(17)19/h4-5,8-9,12,14H,3,6-7,10-11H2,1-2H3,(H,20,24). The Hall–Kier alpha value is -1.85. The number of halogens is 1. The van der Waals surface area contributed by atoms with E-state index in [9.17, 15) is 4.79 Å². The lowest BCUT2D eigenvalue weighted by Gasteiger charge is -2.22. The average Bonchev–Trinajstić information content (AvgIpc) is 3.19. The van der Waals surface area contributed by atoms with Gasteiger partial charge in [0.15, 0.2) is 0 Å². The molecule has 1 atom stereocenters. The summed E-state index contributed by atoms with van der Waals surface area (Å²) in [5, 5.41) is 8.01. The summed E-state index contributed by atoms with van der Waals surface area (Å²) in [5.41, 5.74) is 2.17. The van der Waals surface area contributed by atoms with Crippen LogP contribution < -0.4 is 5.32 Å². The molecule has 1 fully saturated rings. The smallest absolute Gasteiger partial charge is 0.254 e. The van der Waals surface area contributed by atoms with Gasteiger partial charge in [0.1, 0.15) is 0 Å². The molecule has 24 heavy (non-hydrogen) atoms. The van der Waals surface area contributed by atoms with Crippen molar-refractivity contribution in [3.63, 3.8) is 0 Å². The van der Waals surface area contributed by atoms with Crippen LogP contribution in [-0.4, -0.2) is 46.3 Å². The summed E-state index contributed by atoms with van der Waals surface area (Å²) in [5.74, 6) is -0.0752. The molecular weight excluding hydrogens is 324 g/mol. The summed E-state index contributed by atoms with van der Waals surface area (Å²) in [6.45, 7) is 6.89. The molecule has 1 aromatic heterocycles. The highest BCUT2D eigenvalue weighted by Gasteiger charge is 2.24. The van der Waals surface area contributed by atoms with Gasteiger partial charge in [0.2, 0.25) is 0 Å². The fourth-order valence-corrected chi connectivity index (χ4v) is 3.56. The van der Waals surface area contributed by atoms with Crippen molar-refractivity contribution in [2.24, 2.45) is 0 Å². The highest BCUT2D eigenvalue weighted by molar-refractivity contribution is 6.32. The molecule has 5 nitrogen and oxygen atoms in total. The third-order valence-corrected chi connectivity index (χ3v) is 5.06. The van der Waals surface area contributed by atoms with Crippen LogP contribution in [-0.2, 0) is 0 Å². The second kappa shape index (κ2) is 7.36. The number of carbonyl (C=O) groups excluding carboxylic acids is 1. The highest BCUT2D eigenvalue weighted by Crippen LogP contribution is 2.22. The number of benzene rings is 1. The first-order valence-electron chi connectivity index (χ1n) is 8.43. The molecule has 0 aliphatic carbocycles. The van der Waals surface area contributed by atoms with Crippen molar-refractivity contribution in [2.75, 3.05) is 19.6 Å². The number of rotatable bonds is 5. The number of hydrogen-bond donors (Lipinski definition) is 1. The summed E-state index contributed by atoms with van der Waals surface area (Å²) >= 11 is 6.23. The Kier molecular flexibility index (Phi) is 5.21. The topological polar surface area (TPSA) is 50.2 Å². The number of aromatic nitrogens is 2. The monoisotopic (exact) mass is 346 g/mol. The van der Waals surface area contributed by atoms with Gasteiger partial charge in [0, 0.05) is 12.6 Å². The molecule has 1 amide bonds. The number of nitrogens with zero attached hydrogens (tertiary/aromatic N) is 3. The molecule has 1 aromatic carbocycles. The van der Waals surface area contributed by atoms with Crippen molar-refractivity contribution in [3.8, 4) is 5.69 Å². The van der Waals surface area contributed by atoms with Crippen molar-refractivity contribution in [3.05, 3.63) is 46.7 Å². The fourth-order valence-electron chi connectivity index (χ4n) is 3.35. The fraction of sp³-hybridized carbons (Fsp3) is 0.444. The molecule has 6 heteroatoms. The largest absolute Gasteiger partial charge is 0.350 e. The zero-order chi connectivity index (χ0) is 17.1. The van der Waals surface area contributed by atoms with Gasteiger partial charge >= 0.3 is 0 Å². The highest BCUT2D eigenvalue weighted by atomic mass is 35.5. The van der Waals surface area contributed by atoms with E-state index in [4.69, 9.17) is 11.6 Å². The Morgan fingerprint density at radius 2 is 2.21 bits per heavy atom. The third-order valence-electron chi connectivity index (χ3n) is 4.74. The van der Waals surface area contributed by atoms with Crippen molar-refractivity contribution in [1.82, 2.24) is 20.0 Å². The first-order valence-corrected chi connectivity index (χ1v) is 8.81. The average molecular weight is 347 g/mol. The number of likely N-dealkylation sites (N-methyl/N-ethyl adjacent to an activating group) is 1. The molecule has 0 radical (unpaired) electrons. The van der Waals surface area contributed by atoms with E-state index in [1.807, 2.05) is 31.2 Å². The molecule has 0 bridgehead atoms. The Labute approximate surface area is 147 Å². The van der Waals surface area contributed by atoms with Crippen LogP contribution in [0.3, 0.4) is 0 Å². The molecule has 0 spiro atoms. The van der Waals surface area contributed by atoms with Crippen LogP contribution in [0.2, 0.25) is 5.02 Å². The van der Waals surface area contributed by atoms with Gasteiger partial charge in [0.05, 0.1) is 28.2 Å². The van der Waals surface area contributed by atoms with Gasteiger partial charge in [-0.05, 0) is 45.0 Å². The number of para-hydroxylation sites is 1. The predicted molar refractivity (Wildman–Crippen MR) is 95.9 cm³/mol. The lowest BCUT2D eigenvalue weighted by Crippen LogP contribution is -2.40. The summed E-state index contributed by atoms with van der Waals surface area (Å²) in [6.07, 6.45) is 3.96. The maximum absolute atomic E-state index is 12.5. The Bertz CT molecular complexity index is 728. The van der Waals surface area contributed by atoms with Crippen molar-refractivity contribution < 1.29 is 4.79 Å². The van der Waals surface area contributed by atoms with E-state index in [0.717, 1.165) is 30.9 Å². The second-order valence-electron chi connectivity index (χ2n) is 6.14. The number of carbonyl (C=O) groups is 1. The second-order valence-corrected chi connectivity index (χ2v) is 6.55. The molecular formula is C18H23ClN4O. The van der Waals surface area contributed by atoms with Crippen molar-refractivity contribution in [1.29, 1.82) is 0 Å². The van der Waals surface area contributed by atoms with E-state index < -0.39 is 0 Å². The molecule has 1 saturated heterocycles. The molecule has 128 valence electrons. The van der Waals surface area contributed by atoms with E-state index in [1.54, 1.807) is 10.9 Å². The SMILES string of the molecule is CCN1CCCC1CNC(=O)c1cnn(-c2ccccc2Cl)c1C. The molecule has 1 aliphatic heterocycles. The molecule has 0 saturated carbocycles. The van der Waals surface area contributed by atoms with Crippen LogP contribution in [0.1, 0.15) is 35.8 Å². The van der Waals surface area contributed by atoms with Gasteiger partial charge in [-0.2, -0.15) is 5.10 Å². The third kappa shape index (κ3) is 3.32. The minimum absolute atomic E-state index is 0.0752. The molecule has 2 aromatic rings. The lowest BCUT2D eigenvalue weighted by molar-refractivity contribution is 0.0940. The van der Waals surface area contributed by atoms with Gasteiger partial charge in [-0.1, -0.05) is 30.7 Å². The van der Waals surface area contributed by atoms with Crippen molar-refractivity contribution in [2.45, 2.75) is 32.7 Å². The maximum atomic E-state index is 12.5. The maximum Gasteiger partial charge on any atom is 0.254 e. The van der Waals surface area contributed by atoms with Crippen LogP contribution in [0.15, 0.2) is 30.5 Å². The van der Waals surface area contributed by atoms with Gasteiger partial charge in [-0.3, -0.25) is 9.69 Å². The molecule has 2 heterocycles. The number of likely N-dealkylation sites (tertiary alicyclic amines) is 1. The van der Waals surface area contributed by atoms with E-state index in [2.05, 4.69) is 22.2 Å². The van der Waals surface area contributed by atoms with Crippen LogP contribution in [0.4, 0.5) is 0 Å².